The molecule has 0 spiro atoms. The molecule has 1 aliphatic carbocycles. The molecule has 242 valence electrons. The van der Waals surface area contributed by atoms with Crippen LogP contribution in [0.2, 0.25) is 0 Å². The lowest BCUT2D eigenvalue weighted by Gasteiger charge is -2.26. The minimum absolute atomic E-state index is 0.0253. The molecule has 0 N–H and O–H groups in total. The van der Waals surface area contributed by atoms with Crippen molar-refractivity contribution in [2.24, 2.45) is 0 Å². The Morgan fingerprint density at radius 2 is 0.980 bits per heavy atom. The summed E-state index contributed by atoms with van der Waals surface area (Å²) in [6, 6.07) is 63.5. The maximum atomic E-state index is 6.66. The summed E-state index contributed by atoms with van der Waals surface area (Å²) >= 11 is 0. The van der Waals surface area contributed by atoms with Gasteiger partial charge in [0.05, 0.1) is 0 Å². The van der Waals surface area contributed by atoms with Crippen LogP contribution in [-0.4, -0.2) is 0 Å². The highest BCUT2D eigenvalue weighted by Gasteiger charge is 2.35. The summed E-state index contributed by atoms with van der Waals surface area (Å²) in [4.78, 5) is 2.32. The molecule has 1 heterocycles. The van der Waals surface area contributed by atoms with Crippen molar-refractivity contribution in [3.8, 4) is 33.4 Å². The molecule has 1 aromatic heterocycles. The van der Waals surface area contributed by atoms with E-state index in [4.69, 9.17) is 4.42 Å². The molecular formula is C49H35NO. The fourth-order valence-corrected chi connectivity index (χ4v) is 8.25. The van der Waals surface area contributed by atoms with E-state index in [1.54, 1.807) is 0 Å². The summed E-state index contributed by atoms with van der Waals surface area (Å²) in [5.74, 6) is 0. The van der Waals surface area contributed by atoms with Crippen molar-refractivity contribution in [1.82, 2.24) is 0 Å². The number of fused-ring (bicyclic) bond motifs is 8. The quantitative estimate of drug-likeness (QED) is 0.184. The Labute approximate surface area is 297 Å². The van der Waals surface area contributed by atoms with Crippen molar-refractivity contribution in [3.63, 3.8) is 0 Å². The van der Waals surface area contributed by atoms with E-state index in [0.717, 1.165) is 55.5 Å². The standard InChI is InChI=1S/C49H35NO/c1-49(2)45-18-9-8-15-41(45)42-29-24-35(31-46(42)49)32-19-25-37(26-20-32)50(36-12-4-3-5-13-36)38-27-21-34(22-28-38)40-16-10-17-43-44-30-23-33-11-6-7-14-39(33)48(44)51-47(40)43/h3-31H,1-2H3. The second kappa shape index (κ2) is 11.3. The van der Waals surface area contributed by atoms with Gasteiger partial charge in [0.25, 0.3) is 0 Å². The third-order valence-corrected chi connectivity index (χ3v) is 10.9. The van der Waals surface area contributed by atoms with Gasteiger partial charge in [0.1, 0.15) is 11.2 Å². The highest BCUT2D eigenvalue weighted by Crippen LogP contribution is 2.49. The monoisotopic (exact) mass is 653 g/mol. The molecule has 1 aliphatic rings. The Balaban J connectivity index is 1.01. The highest BCUT2D eigenvalue weighted by molar-refractivity contribution is 6.17. The van der Waals surface area contributed by atoms with E-state index >= 15 is 0 Å². The maximum absolute atomic E-state index is 6.66. The third kappa shape index (κ3) is 4.64. The van der Waals surface area contributed by atoms with Crippen molar-refractivity contribution in [3.05, 3.63) is 187 Å². The lowest BCUT2D eigenvalue weighted by atomic mass is 9.81. The van der Waals surface area contributed by atoms with Gasteiger partial charge in [-0.15, -0.1) is 0 Å². The summed E-state index contributed by atoms with van der Waals surface area (Å²) in [5.41, 5.74) is 15.3. The SMILES string of the molecule is CC1(C)c2ccccc2-c2ccc(-c3ccc(N(c4ccccc4)c4ccc(-c5cccc6c5oc5c7ccccc7ccc65)cc4)cc3)cc21. The van der Waals surface area contributed by atoms with E-state index in [9.17, 15) is 0 Å². The molecule has 0 aliphatic heterocycles. The summed E-state index contributed by atoms with van der Waals surface area (Å²) in [5, 5.41) is 4.61. The topological polar surface area (TPSA) is 16.4 Å². The van der Waals surface area contributed by atoms with Gasteiger partial charge < -0.3 is 9.32 Å². The first-order valence-corrected chi connectivity index (χ1v) is 17.7. The van der Waals surface area contributed by atoms with E-state index in [-0.39, 0.29) is 5.41 Å². The number of para-hydroxylation sites is 2. The number of furan rings is 1. The van der Waals surface area contributed by atoms with Crippen molar-refractivity contribution in [2.75, 3.05) is 4.90 Å². The second-order valence-corrected chi connectivity index (χ2v) is 14.1. The molecule has 0 radical (unpaired) electrons. The number of hydrogen-bond acceptors (Lipinski definition) is 2. The molecule has 10 rings (SSSR count). The van der Waals surface area contributed by atoms with Crippen LogP contribution in [0.25, 0.3) is 66.1 Å². The fraction of sp³-hybridized carbons (Fsp3) is 0.0612. The molecule has 0 amide bonds. The highest BCUT2D eigenvalue weighted by atomic mass is 16.3. The zero-order chi connectivity index (χ0) is 34.1. The minimum atomic E-state index is -0.0253. The number of benzene rings is 8. The Morgan fingerprint density at radius 1 is 0.392 bits per heavy atom. The molecule has 2 heteroatoms. The molecule has 0 fully saturated rings. The number of nitrogens with zero attached hydrogens (tertiary/aromatic N) is 1. The van der Waals surface area contributed by atoms with Crippen LogP contribution in [0.1, 0.15) is 25.0 Å². The first-order valence-electron chi connectivity index (χ1n) is 17.7. The molecule has 0 unspecified atom stereocenters. The van der Waals surface area contributed by atoms with Crippen molar-refractivity contribution in [1.29, 1.82) is 0 Å². The van der Waals surface area contributed by atoms with Gasteiger partial charge in [0.15, 0.2) is 0 Å². The van der Waals surface area contributed by atoms with Gasteiger partial charge in [-0.25, -0.2) is 0 Å². The number of rotatable bonds is 5. The van der Waals surface area contributed by atoms with Crippen LogP contribution in [0.4, 0.5) is 17.1 Å². The molecule has 51 heavy (non-hydrogen) atoms. The Bertz CT molecular complexity index is 2750. The summed E-state index contributed by atoms with van der Waals surface area (Å²) in [6.45, 7) is 4.68. The lowest BCUT2D eigenvalue weighted by molar-refractivity contribution is 0.660. The molecule has 0 saturated carbocycles. The van der Waals surface area contributed by atoms with Crippen molar-refractivity contribution < 1.29 is 4.42 Å². The molecule has 9 aromatic rings. The first-order chi connectivity index (χ1) is 25.0. The Morgan fingerprint density at radius 3 is 1.78 bits per heavy atom. The van der Waals surface area contributed by atoms with Crippen LogP contribution in [0.3, 0.4) is 0 Å². The van der Waals surface area contributed by atoms with E-state index in [1.165, 1.54) is 38.8 Å². The lowest BCUT2D eigenvalue weighted by Crippen LogP contribution is -2.14. The van der Waals surface area contributed by atoms with Crippen LogP contribution in [0.15, 0.2) is 180 Å². The van der Waals surface area contributed by atoms with Gasteiger partial charge in [-0.1, -0.05) is 141 Å². The van der Waals surface area contributed by atoms with Crippen LogP contribution in [-0.2, 0) is 5.41 Å². The summed E-state index contributed by atoms with van der Waals surface area (Å²) < 4.78 is 6.66. The van der Waals surface area contributed by atoms with Gasteiger partial charge >= 0.3 is 0 Å². The predicted molar refractivity (Wildman–Crippen MR) is 214 cm³/mol. The fourth-order valence-electron chi connectivity index (χ4n) is 8.25. The Kier molecular flexibility index (Phi) is 6.56. The number of hydrogen-bond donors (Lipinski definition) is 0. The Hall–Kier alpha value is -6.38. The summed E-state index contributed by atoms with van der Waals surface area (Å²) in [7, 11) is 0. The molecular weight excluding hydrogens is 619 g/mol. The average Bonchev–Trinajstić information content (AvgIpc) is 3.68. The van der Waals surface area contributed by atoms with Gasteiger partial charge in [-0.2, -0.15) is 0 Å². The van der Waals surface area contributed by atoms with Crippen LogP contribution in [0, 0.1) is 0 Å². The van der Waals surface area contributed by atoms with Crippen LogP contribution in [0.5, 0.6) is 0 Å². The predicted octanol–water partition coefficient (Wildman–Crippen LogP) is 13.8. The van der Waals surface area contributed by atoms with E-state index in [0.29, 0.717) is 0 Å². The average molecular weight is 654 g/mol. The van der Waals surface area contributed by atoms with E-state index in [2.05, 4.69) is 195 Å². The smallest absolute Gasteiger partial charge is 0.143 e. The normalized spacial score (nSPS) is 13.1. The second-order valence-electron chi connectivity index (χ2n) is 14.1. The molecule has 8 aromatic carbocycles. The van der Waals surface area contributed by atoms with Gasteiger partial charge in [0, 0.05) is 44.2 Å². The number of anilines is 3. The molecule has 0 atom stereocenters. The van der Waals surface area contributed by atoms with Gasteiger partial charge in [0.2, 0.25) is 0 Å². The van der Waals surface area contributed by atoms with E-state index < -0.39 is 0 Å². The van der Waals surface area contributed by atoms with Crippen molar-refractivity contribution >= 4 is 49.8 Å². The summed E-state index contributed by atoms with van der Waals surface area (Å²) in [6.07, 6.45) is 0. The first kappa shape index (κ1) is 29.5. The van der Waals surface area contributed by atoms with Gasteiger partial charge in [-0.05, 0) is 92.9 Å². The maximum Gasteiger partial charge on any atom is 0.143 e. The van der Waals surface area contributed by atoms with Crippen molar-refractivity contribution in [2.45, 2.75) is 19.3 Å². The zero-order valence-corrected chi connectivity index (χ0v) is 28.6. The molecule has 0 saturated heterocycles. The zero-order valence-electron chi connectivity index (χ0n) is 28.6. The van der Waals surface area contributed by atoms with Crippen LogP contribution < -0.4 is 4.90 Å². The largest absolute Gasteiger partial charge is 0.455 e. The molecule has 0 bridgehead atoms. The minimum Gasteiger partial charge on any atom is -0.455 e. The van der Waals surface area contributed by atoms with Crippen LogP contribution >= 0.6 is 0 Å². The van der Waals surface area contributed by atoms with Gasteiger partial charge in [-0.3, -0.25) is 0 Å². The van der Waals surface area contributed by atoms with E-state index in [1.807, 2.05) is 0 Å². The third-order valence-electron chi connectivity index (χ3n) is 10.9. The molecule has 2 nitrogen and oxygen atoms in total.